The largest absolute Gasteiger partial charge is 0.367 e. The van der Waals surface area contributed by atoms with Gasteiger partial charge in [-0.2, -0.15) is 9.61 Å². The number of nitrogens with zero attached hydrogens (tertiary/aromatic N) is 6. The highest BCUT2D eigenvalue weighted by Gasteiger charge is 2.27. The van der Waals surface area contributed by atoms with Crippen molar-refractivity contribution in [2.24, 2.45) is 0 Å². The van der Waals surface area contributed by atoms with Crippen LogP contribution in [0.4, 0.5) is 22.2 Å². The van der Waals surface area contributed by atoms with Gasteiger partial charge in [-0.05, 0) is 42.8 Å². The summed E-state index contributed by atoms with van der Waals surface area (Å²) in [4.78, 5) is 37.9. The number of anilines is 3. The molecule has 6 rings (SSSR count). The van der Waals surface area contributed by atoms with E-state index >= 15 is 0 Å². The molecule has 10 nitrogen and oxygen atoms in total. The third-order valence-electron chi connectivity index (χ3n) is 5.92. The molecule has 0 unspecified atom stereocenters. The SMILES string of the molecule is O=C1NC(=O)/C(=C/c2cnn3c(NC4CC4)cc(N4CCN(c5ccccn5)CC4)nc23)S1. The number of carbonyl (C=O) groups excluding carboxylic acids is 2. The van der Waals surface area contributed by atoms with Crippen LogP contribution in [0.3, 0.4) is 0 Å². The maximum Gasteiger partial charge on any atom is 0.290 e. The molecule has 3 aromatic heterocycles. The molecule has 0 spiro atoms. The van der Waals surface area contributed by atoms with Crippen LogP contribution in [0.25, 0.3) is 11.7 Å². The minimum absolute atomic E-state index is 0.350. The standard InChI is InChI=1S/C22H22N8O2S/c31-21-16(33-22(32)27-21)11-14-13-24-30-19(25-15-4-5-15)12-18(26-20(14)30)29-9-7-28(8-10-29)17-3-1-2-6-23-17/h1-3,6,11-13,15,25H,4-5,7-10H2,(H,27,31,32)/b16-11-. The van der Waals surface area contributed by atoms with Gasteiger partial charge in [-0.1, -0.05) is 6.07 Å². The molecular weight excluding hydrogens is 440 g/mol. The van der Waals surface area contributed by atoms with Crippen LogP contribution in [0.1, 0.15) is 18.4 Å². The van der Waals surface area contributed by atoms with E-state index in [1.165, 1.54) is 0 Å². The van der Waals surface area contributed by atoms with Crippen molar-refractivity contribution in [3.63, 3.8) is 0 Å². The summed E-state index contributed by atoms with van der Waals surface area (Å²) in [7, 11) is 0. The van der Waals surface area contributed by atoms with Crippen molar-refractivity contribution in [2.45, 2.75) is 18.9 Å². The van der Waals surface area contributed by atoms with Gasteiger partial charge in [0.15, 0.2) is 5.65 Å². The molecule has 0 bridgehead atoms. The van der Waals surface area contributed by atoms with E-state index in [0.29, 0.717) is 22.2 Å². The lowest BCUT2D eigenvalue weighted by atomic mass is 10.2. The number of thioether (sulfide) groups is 1. The number of hydrogen-bond donors (Lipinski definition) is 2. The van der Waals surface area contributed by atoms with Crippen molar-refractivity contribution >= 4 is 52.1 Å². The summed E-state index contributed by atoms with van der Waals surface area (Å²) in [5.74, 6) is 2.35. The minimum Gasteiger partial charge on any atom is -0.367 e. The quantitative estimate of drug-likeness (QED) is 0.553. The van der Waals surface area contributed by atoms with Gasteiger partial charge in [0.25, 0.3) is 11.1 Å². The third-order valence-corrected chi connectivity index (χ3v) is 6.73. The fraction of sp³-hybridized carbons (Fsp3) is 0.318. The highest BCUT2D eigenvalue weighted by molar-refractivity contribution is 8.18. The Kier molecular flexibility index (Phi) is 4.90. The highest BCUT2D eigenvalue weighted by atomic mass is 32.2. The van der Waals surface area contributed by atoms with Crippen LogP contribution in [0.2, 0.25) is 0 Å². The van der Waals surface area contributed by atoms with Crippen LogP contribution in [-0.4, -0.2) is 62.9 Å². The van der Waals surface area contributed by atoms with Crippen LogP contribution in [0.5, 0.6) is 0 Å². The highest BCUT2D eigenvalue weighted by Crippen LogP contribution is 2.31. The lowest BCUT2D eigenvalue weighted by Crippen LogP contribution is -2.47. The van der Waals surface area contributed by atoms with Crippen LogP contribution >= 0.6 is 11.8 Å². The van der Waals surface area contributed by atoms with Gasteiger partial charge in [0.05, 0.1) is 11.1 Å². The van der Waals surface area contributed by atoms with Gasteiger partial charge < -0.3 is 15.1 Å². The maximum atomic E-state index is 12.0. The molecule has 2 saturated heterocycles. The van der Waals surface area contributed by atoms with Crippen LogP contribution in [0, 0.1) is 0 Å². The number of imide groups is 1. The third kappa shape index (κ3) is 3.99. The summed E-state index contributed by atoms with van der Waals surface area (Å²) in [6.07, 6.45) is 7.47. The van der Waals surface area contributed by atoms with Gasteiger partial charge in [-0.25, -0.2) is 9.97 Å². The first-order chi connectivity index (χ1) is 16.1. The minimum atomic E-state index is -0.387. The molecule has 2 aliphatic heterocycles. The number of fused-ring (bicyclic) bond motifs is 1. The van der Waals surface area contributed by atoms with Gasteiger partial charge >= 0.3 is 0 Å². The van der Waals surface area contributed by atoms with Crippen molar-refractivity contribution in [1.29, 1.82) is 0 Å². The van der Waals surface area contributed by atoms with E-state index in [-0.39, 0.29) is 11.1 Å². The summed E-state index contributed by atoms with van der Waals surface area (Å²) < 4.78 is 1.78. The first-order valence-corrected chi connectivity index (χ1v) is 11.8. The molecule has 33 heavy (non-hydrogen) atoms. The summed E-state index contributed by atoms with van der Waals surface area (Å²) in [6, 6.07) is 8.46. The fourth-order valence-electron chi connectivity index (χ4n) is 4.04. The first kappa shape index (κ1) is 20.0. The average molecular weight is 463 g/mol. The van der Waals surface area contributed by atoms with Crippen molar-refractivity contribution < 1.29 is 9.59 Å². The predicted octanol–water partition coefficient (Wildman–Crippen LogP) is 2.35. The maximum absolute atomic E-state index is 12.0. The van der Waals surface area contributed by atoms with E-state index in [1.54, 1.807) is 16.8 Å². The number of piperazine rings is 1. The van der Waals surface area contributed by atoms with Gasteiger partial charge in [-0.3, -0.25) is 14.9 Å². The van der Waals surface area contributed by atoms with Crippen molar-refractivity contribution in [3.8, 4) is 0 Å². The number of carbonyl (C=O) groups is 2. The Bertz CT molecular complexity index is 1260. The summed E-state index contributed by atoms with van der Waals surface area (Å²) in [5, 5.41) is 9.99. The van der Waals surface area contributed by atoms with Crippen molar-refractivity contribution in [1.82, 2.24) is 24.9 Å². The number of aromatic nitrogens is 4. The summed E-state index contributed by atoms with van der Waals surface area (Å²) in [5.41, 5.74) is 1.36. The molecule has 2 N–H and O–H groups in total. The first-order valence-electron chi connectivity index (χ1n) is 11.0. The number of amides is 2. The Morgan fingerprint density at radius 1 is 1.09 bits per heavy atom. The monoisotopic (exact) mass is 462 g/mol. The van der Waals surface area contributed by atoms with Gasteiger partial charge in [0.2, 0.25) is 0 Å². The van der Waals surface area contributed by atoms with E-state index in [2.05, 4.69) is 30.5 Å². The summed E-state index contributed by atoms with van der Waals surface area (Å²) in [6.45, 7) is 3.34. The van der Waals surface area contributed by atoms with E-state index in [0.717, 1.165) is 68.2 Å². The van der Waals surface area contributed by atoms with E-state index in [1.807, 2.05) is 30.5 Å². The van der Waals surface area contributed by atoms with Crippen LogP contribution in [-0.2, 0) is 4.79 Å². The number of pyridine rings is 1. The number of hydrogen-bond acceptors (Lipinski definition) is 9. The Labute approximate surface area is 194 Å². The smallest absolute Gasteiger partial charge is 0.290 e. The Morgan fingerprint density at radius 3 is 2.55 bits per heavy atom. The lowest BCUT2D eigenvalue weighted by molar-refractivity contribution is -0.115. The van der Waals surface area contributed by atoms with E-state index < -0.39 is 0 Å². The molecule has 0 radical (unpaired) electrons. The summed E-state index contributed by atoms with van der Waals surface area (Å²) >= 11 is 0.895. The Morgan fingerprint density at radius 2 is 1.88 bits per heavy atom. The van der Waals surface area contributed by atoms with Crippen LogP contribution < -0.4 is 20.4 Å². The van der Waals surface area contributed by atoms with Crippen molar-refractivity contribution in [2.75, 3.05) is 41.3 Å². The zero-order valence-electron chi connectivity index (χ0n) is 17.8. The molecule has 3 aliphatic rings. The Hall–Kier alpha value is -3.60. The second-order valence-corrected chi connectivity index (χ2v) is 9.28. The molecule has 168 valence electrons. The predicted molar refractivity (Wildman–Crippen MR) is 127 cm³/mol. The zero-order chi connectivity index (χ0) is 22.4. The second-order valence-electron chi connectivity index (χ2n) is 8.27. The van der Waals surface area contributed by atoms with Crippen LogP contribution in [0.15, 0.2) is 41.6 Å². The molecule has 1 saturated carbocycles. The molecule has 0 aromatic carbocycles. The fourth-order valence-corrected chi connectivity index (χ4v) is 4.71. The Balaban J connectivity index is 1.32. The topological polar surface area (TPSA) is 108 Å². The van der Waals surface area contributed by atoms with E-state index in [4.69, 9.17) is 4.98 Å². The normalized spacial score (nSPS) is 20.1. The molecule has 0 atom stereocenters. The molecular formula is C22H22N8O2S. The molecule has 5 heterocycles. The van der Waals surface area contributed by atoms with Gasteiger partial charge in [0, 0.05) is 50.0 Å². The van der Waals surface area contributed by atoms with Gasteiger partial charge in [-0.15, -0.1) is 0 Å². The lowest BCUT2D eigenvalue weighted by Gasteiger charge is -2.36. The number of nitrogens with one attached hydrogen (secondary N) is 2. The molecule has 11 heteroatoms. The molecule has 1 aliphatic carbocycles. The van der Waals surface area contributed by atoms with E-state index in [9.17, 15) is 9.59 Å². The second kappa shape index (κ2) is 8.07. The van der Waals surface area contributed by atoms with Gasteiger partial charge in [0.1, 0.15) is 17.5 Å². The zero-order valence-corrected chi connectivity index (χ0v) is 18.6. The number of rotatable bonds is 5. The molecule has 3 aromatic rings. The average Bonchev–Trinajstić information content (AvgIpc) is 3.47. The van der Waals surface area contributed by atoms with Crippen molar-refractivity contribution in [3.05, 3.63) is 47.1 Å². The molecule has 3 fully saturated rings. The molecule has 2 amide bonds.